The molecule has 0 aliphatic carbocycles. The molecule has 1 fully saturated rings. The van der Waals surface area contributed by atoms with E-state index in [2.05, 4.69) is 50.1 Å². The average Bonchev–Trinajstić information content (AvgIpc) is 2.80. The van der Waals surface area contributed by atoms with Crippen molar-refractivity contribution in [3.05, 3.63) is 65.7 Å². The van der Waals surface area contributed by atoms with E-state index in [1.54, 1.807) is 18.6 Å². The van der Waals surface area contributed by atoms with Gasteiger partial charge in [0.15, 0.2) is 5.82 Å². The molecule has 7 heteroatoms. The number of fused-ring (bicyclic) bond motifs is 1. The topological polar surface area (TPSA) is 67.3 Å². The lowest BCUT2D eigenvalue weighted by Gasteiger charge is -2.34. The van der Waals surface area contributed by atoms with Gasteiger partial charge in [0, 0.05) is 50.7 Å². The minimum atomic E-state index is 0.653. The Labute approximate surface area is 170 Å². The van der Waals surface area contributed by atoms with Gasteiger partial charge < -0.3 is 9.64 Å². The van der Waals surface area contributed by atoms with Gasteiger partial charge in [0.25, 0.3) is 0 Å². The van der Waals surface area contributed by atoms with E-state index in [1.165, 1.54) is 11.1 Å². The highest BCUT2D eigenvalue weighted by atomic mass is 16.5. The second-order valence-electron chi connectivity index (χ2n) is 7.43. The van der Waals surface area contributed by atoms with Crippen LogP contribution in [-0.4, -0.2) is 57.7 Å². The van der Waals surface area contributed by atoms with Crippen molar-refractivity contribution in [1.29, 1.82) is 0 Å². The van der Waals surface area contributed by atoms with Crippen LogP contribution < -0.4 is 4.90 Å². The number of ether oxygens (including phenoxy) is 1. The summed E-state index contributed by atoms with van der Waals surface area (Å²) in [6.45, 7) is 5.94. The number of anilines is 1. The Morgan fingerprint density at radius 2 is 1.83 bits per heavy atom. The zero-order chi connectivity index (χ0) is 19.5. The van der Waals surface area contributed by atoms with Crippen LogP contribution in [0.15, 0.2) is 48.9 Å². The molecule has 0 saturated carbocycles. The van der Waals surface area contributed by atoms with Crippen LogP contribution in [0.25, 0.3) is 11.5 Å². The molecule has 1 saturated heterocycles. The molecule has 29 heavy (non-hydrogen) atoms. The van der Waals surface area contributed by atoms with Crippen LogP contribution in [0.5, 0.6) is 0 Å². The first-order valence-electron chi connectivity index (χ1n) is 10.1. The lowest BCUT2D eigenvalue weighted by atomic mass is 10.0. The Hall–Kier alpha value is -2.90. The standard InChI is InChI=1S/C22H24N6O/c1-2-4-17(5-3-1)15-27-9-6-18-20(16-27)25-21(19-14-23-7-8-24-19)26-22(18)28-10-12-29-13-11-28/h1-5,7-8,14H,6,9-13,15-16H2. The van der Waals surface area contributed by atoms with Gasteiger partial charge in [-0.1, -0.05) is 30.3 Å². The van der Waals surface area contributed by atoms with E-state index in [0.717, 1.165) is 63.9 Å². The highest BCUT2D eigenvalue weighted by Crippen LogP contribution is 2.30. The summed E-state index contributed by atoms with van der Waals surface area (Å²) in [6.07, 6.45) is 6.05. The van der Waals surface area contributed by atoms with Crippen molar-refractivity contribution in [3.63, 3.8) is 0 Å². The Balaban J connectivity index is 1.49. The third kappa shape index (κ3) is 3.97. The number of rotatable bonds is 4. The summed E-state index contributed by atoms with van der Waals surface area (Å²) in [5, 5.41) is 0. The summed E-state index contributed by atoms with van der Waals surface area (Å²) in [5.74, 6) is 1.69. The van der Waals surface area contributed by atoms with Crippen LogP contribution in [0.4, 0.5) is 5.82 Å². The maximum absolute atomic E-state index is 5.55. The van der Waals surface area contributed by atoms with Gasteiger partial charge in [0.1, 0.15) is 11.5 Å². The van der Waals surface area contributed by atoms with Gasteiger partial charge in [0.2, 0.25) is 0 Å². The quantitative estimate of drug-likeness (QED) is 0.679. The molecule has 0 unspecified atom stereocenters. The molecule has 2 aliphatic heterocycles. The number of nitrogens with zero attached hydrogens (tertiary/aromatic N) is 6. The minimum absolute atomic E-state index is 0.653. The molecule has 2 aromatic heterocycles. The Kier molecular flexibility index (Phi) is 5.15. The van der Waals surface area contributed by atoms with Crippen LogP contribution in [0.2, 0.25) is 0 Å². The predicted molar refractivity (Wildman–Crippen MR) is 110 cm³/mol. The van der Waals surface area contributed by atoms with E-state index in [9.17, 15) is 0 Å². The van der Waals surface area contributed by atoms with Crippen LogP contribution in [-0.2, 0) is 24.2 Å². The number of morpholine rings is 1. The van der Waals surface area contributed by atoms with Gasteiger partial charge in [-0.05, 0) is 12.0 Å². The molecule has 148 valence electrons. The second-order valence-corrected chi connectivity index (χ2v) is 7.43. The van der Waals surface area contributed by atoms with Crippen molar-refractivity contribution in [1.82, 2.24) is 24.8 Å². The van der Waals surface area contributed by atoms with E-state index >= 15 is 0 Å². The molecule has 4 heterocycles. The first-order chi connectivity index (χ1) is 14.4. The van der Waals surface area contributed by atoms with Gasteiger partial charge in [-0.25, -0.2) is 15.0 Å². The van der Waals surface area contributed by atoms with Gasteiger partial charge in [0.05, 0.1) is 25.1 Å². The first kappa shape index (κ1) is 18.1. The minimum Gasteiger partial charge on any atom is -0.378 e. The number of aromatic nitrogens is 4. The molecular weight excluding hydrogens is 364 g/mol. The fourth-order valence-electron chi connectivity index (χ4n) is 4.01. The SMILES string of the molecule is c1ccc(CN2CCc3c(nc(-c4cnccn4)nc3N3CCOCC3)C2)cc1. The monoisotopic (exact) mass is 388 g/mol. The lowest BCUT2D eigenvalue weighted by molar-refractivity contribution is 0.122. The molecule has 0 bridgehead atoms. The van der Waals surface area contributed by atoms with E-state index < -0.39 is 0 Å². The zero-order valence-electron chi connectivity index (χ0n) is 16.4. The summed E-state index contributed by atoms with van der Waals surface area (Å²) in [7, 11) is 0. The van der Waals surface area contributed by atoms with Crippen molar-refractivity contribution in [2.24, 2.45) is 0 Å². The number of hydrogen-bond donors (Lipinski definition) is 0. The van der Waals surface area contributed by atoms with Crippen molar-refractivity contribution in [3.8, 4) is 11.5 Å². The largest absolute Gasteiger partial charge is 0.378 e. The molecule has 0 atom stereocenters. The third-order valence-electron chi connectivity index (χ3n) is 5.47. The van der Waals surface area contributed by atoms with Crippen LogP contribution in [0.1, 0.15) is 16.8 Å². The summed E-state index contributed by atoms with van der Waals surface area (Å²) in [4.78, 5) is 23.3. The summed E-state index contributed by atoms with van der Waals surface area (Å²) in [6, 6.07) is 10.6. The molecular formula is C22H24N6O. The fraction of sp³-hybridized carbons (Fsp3) is 0.364. The normalized spacial score (nSPS) is 17.2. The van der Waals surface area contributed by atoms with E-state index in [4.69, 9.17) is 14.7 Å². The van der Waals surface area contributed by atoms with Crippen LogP contribution >= 0.6 is 0 Å². The summed E-state index contributed by atoms with van der Waals surface area (Å²) < 4.78 is 5.55. The van der Waals surface area contributed by atoms with Crippen molar-refractivity contribution in [2.45, 2.75) is 19.5 Å². The van der Waals surface area contributed by atoms with Crippen molar-refractivity contribution >= 4 is 5.82 Å². The Bertz CT molecular complexity index is 960. The summed E-state index contributed by atoms with van der Waals surface area (Å²) >= 11 is 0. The highest BCUT2D eigenvalue weighted by molar-refractivity contribution is 5.58. The third-order valence-corrected chi connectivity index (χ3v) is 5.47. The van der Waals surface area contributed by atoms with Gasteiger partial charge in [-0.15, -0.1) is 0 Å². The molecule has 0 amide bonds. The van der Waals surface area contributed by atoms with Gasteiger partial charge in [-0.2, -0.15) is 0 Å². The molecule has 7 nitrogen and oxygen atoms in total. The van der Waals surface area contributed by atoms with E-state index in [0.29, 0.717) is 11.5 Å². The maximum Gasteiger partial charge on any atom is 0.182 e. The predicted octanol–water partition coefficient (Wildman–Crippen LogP) is 2.33. The number of hydrogen-bond acceptors (Lipinski definition) is 7. The van der Waals surface area contributed by atoms with Gasteiger partial charge in [-0.3, -0.25) is 9.88 Å². The molecule has 0 N–H and O–H groups in total. The van der Waals surface area contributed by atoms with E-state index in [1.807, 2.05) is 0 Å². The van der Waals surface area contributed by atoms with Gasteiger partial charge >= 0.3 is 0 Å². The second kappa shape index (κ2) is 8.23. The highest BCUT2D eigenvalue weighted by Gasteiger charge is 2.26. The lowest BCUT2D eigenvalue weighted by Crippen LogP contribution is -2.39. The fourth-order valence-corrected chi connectivity index (χ4v) is 4.01. The van der Waals surface area contributed by atoms with E-state index in [-0.39, 0.29) is 0 Å². The summed E-state index contributed by atoms with van der Waals surface area (Å²) in [5.41, 5.74) is 4.41. The molecule has 2 aliphatic rings. The number of benzene rings is 1. The maximum atomic E-state index is 5.55. The average molecular weight is 388 g/mol. The molecule has 1 aromatic carbocycles. The molecule has 3 aromatic rings. The first-order valence-corrected chi connectivity index (χ1v) is 10.1. The molecule has 0 spiro atoms. The Morgan fingerprint density at radius 3 is 2.62 bits per heavy atom. The van der Waals surface area contributed by atoms with Crippen molar-refractivity contribution < 1.29 is 4.74 Å². The smallest absolute Gasteiger partial charge is 0.182 e. The van der Waals surface area contributed by atoms with Crippen molar-refractivity contribution in [2.75, 3.05) is 37.7 Å². The van der Waals surface area contributed by atoms with Crippen LogP contribution in [0.3, 0.4) is 0 Å². The molecule has 5 rings (SSSR count). The zero-order valence-corrected chi connectivity index (χ0v) is 16.4. The Morgan fingerprint density at radius 1 is 0.966 bits per heavy atom. The molecule has 0 radical (unpaired) electrons. The van der Waals surface area contributed by atoms with Crippen LogP contribution in [0, 0.1) is 0 Å².